The number of nitrogens with zero attached hydrogens (tertiary/aromatic N) is 2. The molecule has 1 aromatic rings. The van der Waals surface area contributed by atoms with E-state index in [9.17, 15) is 0 Å². The highest BCUT2D eigenvalue weighted by atomic mass is 32.1. The van der Waals surface area contributed by atoms with Gasteiger partial charge >= 0.3 is 0 Å². The summed E-state index contributed by atoms with van der Waals surface area (Å²) in [4.78, 5) is 4.22. The molecular weight excluding hydrogens is 182 g/mol. The summed E-state index contributed by atoms with van der Waals surface area (Å²) in [5.41, 5.74) is 0. The molecule has 0 aromatic carbocycles. The second kappa shape index (κ2) is 4.15. The number of rotatable bonds is 5. The highest BCUT2D eigenvalue weighted by molar-refractivity contribution is 7.05. The molecule has 0 bridgehead atoms. The molecule has 0 aliphatic heterocycles. The van der Waals surface area contributed by atoms with E-state index < -0.39 is 0 Å². The molecule has 0 amide bonds. The van der Waals surface area contributed by atoms with Crippen LogP contribution in [-0.4, -0.2) is 21.9 Å². The van der Waals surface area contributed by atoms with E-state index in [1.165, 1.54) is 24.4 Å². The van der Waals surface area contributed by atoms with Crippen LogP contribution in [0.2, 0.25) is 0 Å². The standard InChI is InChI=1S/C9H15N3S/c1-2-10-8(7-3-4-7)5-9-11-6-12-13-9/h6-8,10H,2-5H2,1H3. The van der Waals surface area contributed by atoms with Gasteiger partial charge in [-0.25, -0.2) is 4.98 Å². The van der Waals surface area contributed by atoms with Crippen LogP contribution in [-0.2, 0) is 6.42 Å². The van der Waals surface area contributed by atoms with E-state index in [0.717, 1.165) is 23.9 Å². The summed E-state index contributed by atoms with van der Waals surface area (Å²) in [6, 6.07) is 0.637. The lowest BCUT2D eigenvalue weighted by atomic mass is 10.1. The van der Waals surface area contributed by atoms with Crippen molar-refractivity contribution in [3.63, 3.8) is 0 Å². The zero-order valence-corrected chi connectivity index (χ0v) is 8.68. The lowest BCUT2D eigenvalue weighted by Gasteiger charge is -2.14. The van der Waals surface area contributed by atoms with Crippen molar-refractivity contribution in [3.8, 4) is 0 Å². The fourth-order valence-electron chi connectivity index (χ4n) is 1.64. The summed E-state index contributed by atoms with van der Waals surface area (Å²) in [6.07, 6.45) is 5.48. The van der Waals surface area contributed by atoms with Crippen LogP contribution in [0.25, 0.3) is 0 Å². The van der Waals surface area contributed by atoms with Crippen molar-refractivity contribution in [1.82, 2.24) is 14.7 Å². The van der Waals surface area contributed by atoms with Crippen molar-refractivity contribution in [2.24, 2.45) is 5.92 Å². The number of hydrogen-bond acceptors (Lipinski definition) is 4. The summed E-state index contributed by atoms with van der Waals surface area (Å²) in [5, 5.41) is 4.69. The summed E-state index contributed by atoms with van der Waals surface area (Å²) in [5.74, 6) is 0.892. The molecule has 1 N–H and O–H groups in total. The predicted octanol–water partition coefficient (Wildman–Crippen LogP) is 1.47. The zero-order valence-electron chi connectivity index (χ0n) is 7.86. The molecule has 1 saturated carbocycles. The van der Waals surface area contributed by atoms with Gasteiger partial charge in [-0.05, 0) is 36.8 Å². The maximum absolute atomic E-state index is 4.22. The van der Waals surface area contributed by atoms with Gasteiger partial charge in [-0.2, -0.15) is 4.37 Å². The Bertz CT molecular complexity index is 243. The Labute approximate surface area is 82.8 Å². The molecular formula is C9H15N3S. The molecule has 72 valence electrons. The monoisotopic (exact) mass is 197 g/mol. The Hall–Kier alpha value is -0.480. The average molecular weight is 197 g/mol. The predicted molar refractivity (Wildman–Crippen MR) is 53.8 cm³/mol. The number of likely N-dealkylation sites (N-methyl/N-ethyl adjacent to an activating group) is 1. The Balaban J connectivity index is 1.89. The van der Waals surface area contributed by atoms with Crippen molar-refractivity contribution in [2.75, 3.05) is 6.54 Å². The second-order valence-corrected chi connectivity index (χ2v) is 4.41. The molecule has 1 atom stereocenters. The average Bonchev–Trinajstić information content (AvgIpc) is 2.85. The summed E-state index contributed by atoms with van der Waals surface area (Å²) in [6.45, 7) is 3.22. The molecule has 4 heteroatoms. The molecule has 0 spiro atoms. The van der Waals surface area contributed by atoms with Crippen LogP contribution in [0.5, 0.6) is 0 Å². The second-order valence-electron chi connectivity index (χ2n) is 3.54. The molecule has 1 aromatic heterocycles. The van der Waals surface area contributed by atoms with Gasteiger partial charge in [-0.3, -0.25) is 0 Å². The number of nitrogens with one attached hydrogen (secondary N) is 1. The quantitative estimate of drug-likeness (QED) is 0.776. The fraction of sp³-hybridized carbons (Fsp3) is 0.778. The Morgan fingerprint density at radius 1 is 1.69 bits per heavy atom. The van der Waals surface area contributed by atoms with Crippen LogP contribution in [0.4, 0.5) is 0 Å². The lowest BCUT2D eigenvalue weighted by Crippen LogP contribution is -2.32. The first kappa shape index (κ1) is 9.09. The van der Waals surface area contributed by atoms with Crippen LogP contribution < -0.4 is 5.32 Å². The Morgan fingerprint density at radius 3 is 3.08 bits per heavy atom. The summed E-state index contributed by atoms with van der Waals surface area (Å²) in [7, 11) is 0. The van der Waals surface area contributed by atoms with E-state index >= 15 is 0 Å². The zero-order chi connectivity index (χ0) is 9.10. The first-order chi connectivity index (χ1) is 6.40. The maximum atomic E-state index is 4.22. The fourth-order valence-corrected chi connectivity index (χ4v) is 2.20. The minimum atomic E-state index is 0.637. The first-order valence-corrected chi connectivity index (χ1v) is 5.66. The third kappa shape index (κ3) is 2.48. The van der Waals surface area contributed by atoms with Crippen molar-refractivity contribution in [1.29, 1.82) is 0 Å². The normalized spacial score (nSPS) is 18.8. The van der Waals surface area contributed by atoms with E-state index in [1.54, 1.807) is 6.33 Å². The SMILES string of the molecule is CCNC(Cc1ncns1)C1CC1. The van der Waals surface area contributed by atoms with Crippen LogP contribution in [0, 0.1) is 5.92 Å². The molecule has 1 fully saturated rings. The lowest BCUT2D eigenvalue weighted by molar-refractivity contribution is 0.472. The van der Waals surface area contributed by atoms with E-state index in [2.05, 4.69) is 21.6 Å². The van der Waals surface area contributed by atoms with E-state index in [1.807, 2.05) is 0 Å². The minimum absolute atomic E-state index is 0.637. The topological polar surface area (TPSA) is 37.8 Å². The molecule has 3 nitrogen and oxygen atoms in total. The van der Waals surface area contributed by atoms with Gasteiger partial charge in [0.2, 0.25) is 0 Å². The highest BCUT2D eigenvalue weighted by Crippen LogP contribution is 2.34. The van der Waals surface area contributed by atoms with E-state index in [-0.39, 0.29) is 0 Å². The van der Waals surface area contributed by atoms with Crippen LogP contribution >= 0.6 is 11.5 Å². The molecule has 1 unspecified atom stereocenters. The van der Waals surface area contributed by atoms with Gasteiger partial charge in [0, 0.05) is 12.5 Å². The number of hydrogen-bond donors (Lipinski definition) is 1. The van der Waals surface area contributed by atoms with Gasteiger partial charge in [-0.15, -0.1) is 0 Å². The molecule has 1 aliphatic rings. The Kier molecular flexibility index (Phi) is 2.90. The van der Waals surface area contributed by atoms with Crippen molar-refractivity contribution >= 4 is 11.5 Å². The van der Waals surface area contributed by atoms with Crippen molar-refractivity contribution < 1.29 is 0 Å². The van der Waals surface area contributed by atoms with Gasteiger partial charge in [0.05, 0.1) is 0 Å². The molecule has 0 radical (unpaired) electrons. The van der Waals surface area contributed by atoms with Gasteiger partial charge in [0.1, 0.15) is 11.3 Å². The van der Waals surface area contributed by atoms with Crippen LogP contribution in [0.15, 0.2) is 6.33 Å². The van der Waals surface area contributed by atoms with Gasteiger partial charge in [-0.1, -0.05) is 6.92 Å². The van der Waals surface area contributed by atoms with Crippen LogP contribution in [0.3, 0.4) is 0 Å². The first-order valence-electron chi connectivity index (χ1n) is 4.89. The molecule has 1 heterocycles. The third-order valence-corrected chi connectivity index (χ3v) is 3.14. The summed E-state index contributed by atoms with van der Waals surface area (Å²) < 4.78 is 4.02. The van der Waals surface area contributed by atoms with E-state index in [4.69, 9.17) is 0 Å². The maximum Gasteiger partial charge on any atom is 0.129 e. The Morgan fingerprint density at radius 2 is 2.54 bits per heavy atom. The molecule has 13 heavy (non-hydrogen) atoms. The summed E-state index contributed by atoms with van der Waals surface area (Å²) >= 11 is 1.52. The van der Waals surface area contributed by atoms with E-state index in [0.29, 0.717) is 6.04 Å². The van der Waals surface area contributed by atoms with Gasteiger partial charge in [0.15, 0.2) is 0 Å². The van der Waals surface area contributed by atoms with Crippen LogP contribution in [0.1, 0.15) is 24.8 Å². The molecule has 1 aliphatic carbocycles. The third-order valence-electron chi connectivity index (χ3n) is 2.46. The molecule has 0 saturated heterocycles. The minimum Gasteiger partial charge on any atom is -0.314 e. The molecule has 2 rings (SSSR count). The van der Waals surface area contributed by atoms with Crippen molar-refractivity contribution in [2.45, 2.75) is 32.2 Å². The smallest absolute Gasteiger partial charge is 0.129 e. The van der Waals surface area contributed by atoms with Gasteiger partial charge < -0.3 is 5.32 Å². The van der Waals surface area contributed by atoms with Gasteiger partial charge in [0.25, 0.3) is 0 Å². The number of aromatic nitrogens is 2. The van der Waals surface area contributed by atoms with Crippen molar-refractivity contribution in [3.05, 3.63) is 11.3 Å². The largest absolute Gasteiger partial charge is 0.314 e. The highest BCUT2D eigenvalue weighted by Gasteiger charge is 2.30.